The summed E-state index contributed by atoms with van der Waals surface area (Å²) in [5.74, 6) is 1.38. The third-order valence-electron chi connectivity index (χ3n) is 3.40. The molecule has 0 heterocycles. The minimum atomic E-state index is -0.0957. The number of rotatable bonds is 4. The largest absolute Gasteiger partial charge is 0.494 e. The molecule has 0 aromatic heterocycles. The summed E-state index contributed by atoms with van der Waals surface area (Å²) >= 11 is 0. The zero-order chi connectivity index (χ0) is 11.4. The first-order valence-electron chi connectivity index (χ1n) is 6.13. The lowest BCUT2D eigenvalue weighted by atomic mass is 10.0. The molecule has 88 valence electrons. The van der Waals surface area contributed by atoms with Crippen molar-refractivity contribution in [3.8, 4) is 5.75 Å². The van der Waals surface area contributed by atoms with Gasteiger partial charge in [0.05, 0.1) is 12.7 Å². The second-order valence-corrected chi connectivity index (χ2v) is 4.71. The van der Waals surface area contributed by atoms with Crippen LogP contribution >= 0.6 is 0 Å². The lowest BCUT2D eigenvalue weighted by Crippen LogP contribution is -2.16. The summed E-state index contributed by atoms with van der Waals surface area (Å²) in [4.78, 5) is 0. The fourth-order valence-electron chi connectivity index (χ4n) is 2.32. The first-order chi connectivity index (χ1) is 7.75. The molecule has 0 bridgehead atoms. The summed E-state index contributed by atoms with van der Waals surface area (Å²) in [6, 6.07) is 8.11. The molecule has 1 aromatic carbocycles. The topological polar surface area (TPSA) is 29.5 Å². The Morgan fingerprint density at radius 1 is 1.25 bits per heavy atom. The van der Waals surface area contributed by atoms with Crippen molar-refractivity contribution >= 4 is 0 Å². The normalized spacial score (nSPS) is 24.6. The summed E-state index contributed by atoms with van der Waals surface area (Å²) in [5.41, 5.74) is 1.25. The van der Waals surface area contributed by atoms with Crippen LogP contribution in [0.4, 0.5) is 0 Å². The van der Waals surface area contributed by atoms with Crippen LogP contribution in [0.2, 0.25) is 0 Å². The third-order valence-corrected chi connectivity index (χ3v) is 3.40. The van der Waals surface area contributed by atoms with Gasteiger partial charge in [-0.25, -0.2) is 0 Å². The van der Waals surface area contributed by atoms with E-state index in [9.17, 15) is 5.11 Å². The van der Waals surface area contributed by atoms with Crippen LogP contribution in [0.3, 0.4) is 0 Å². The fourth-order valence-corrected chi connectivity index (χ4v) is 2.32. The van der Waals surface area contributed by atoms with Crippen LogP contribution in [0.5, 0.6) is 5.75 Å². The minimum Gasteiger partial charge on any atom is -0.494 e. The van der Waals surface area contributed by atoms with E-state index in [1.165, 1.54) is 5.56 Å². The fraction of sp³-hybridized carbons (Fsp3) is 0.571. The van der Waals surface area contributed by atoms with Crippen molar-refractivity contribution in [3.05, 3.63) is 29.8 Å². The van der Waals surface area contributed by atoms with E-state index in [0.29, 0.717) is 12.5 Å². The Balaban J connectivity index is 1.73. The van der Waals surface area contributed by atoms with E-state index < -0.39 is 0 Å². The van der Waals surface area contributed by atoms with Gasteiger partial charge in [-0.3, -0.25) is 0 Å². The quantitative estimate of drug-likeness (QED) is 0.845. The summed E-state index contributed by atoms with van der Waals surface area (Å²) in [7, 11) is 0. The number of aryl methyl sites for hydroxylation is 1. The van der Waals surface area contributed by atoms with Crippen molar-refractivity contribution in [2.24, 2.45) is 5.92 Å². The first-order valence-corrected chi connectivity index (χ1v) is 6.13. The average Bonchev–Trinajstić information content (AvgIpc) is 2.68. The average molecular weight is 220 g/mol. The standard InChI is InChI=1S/C14H20O2/c1-11-5-7-13(8-6-11)16-10-9-12-3-2-4-14(12)15/h5-8,12,14-15H,2-4,9-10H2,1H3. The van der Waals surface area contributed by atoms with E-state index in [1.54, 1.807) is 0 Å². The maximum absolute atomic E-state index is 9.67. The van der Waals surface area contributed by atoms with Gasteiger partial charge < -0.3 is 9.84 Å². The van der Waals surface area contributed by atoms with Gasteiger partial charge in [0.1, 0.15) is 5.75 Å². The summed E-state index contributed by atoms with van der Waals surface area (Å²) in [6.07, 6.45) is 4.15. The number of hydrogen-bond acceptors (Lipinski definition) is 2. The first kappa shape index (κ1) is 11.5. The van der Waals surface area contributed by atoms with Crippen molar-refractivity contribution in [1.82, 2.24) is 0 Å². The van der Waals surface area contributed by atoms with E-state index >= 15 is 0 Å². The van der Waals surface area contributed by atoms with Crippen LogP contribution in [0.25, 0.3) is 0 Å². The van der Waals surface area contributed by atoms with Crippen LogP contribution < -0.4 is 4.74 Å². The molecular weight excluding hydrogens is 200 g/mol. The highest BCUT2D eigenvalue weighted by molar-refractivity contribution is 5.26. The second-order valence-electron chi connectivity index (χ2n) is 4.71. The van der Waals surface area contributed by atoms with Crippen molar-refractivity contribution in [2.45, 2.75) is 38.7 Å². The molecule has 1 aliphatic carbocycles. The lowest BCUT2D eigenvalue weighted by Gasteiger charge is -2.14. The van der Waals surface area contributed by atoms with Crippen LogP contribution in [0, 0.1) is 12.8 Å². The van der Waals surface area contributed by atoms with E-state index in [1.807, 2.05) is 12.1 Å². The molecule has 1 fully saturated rings. The molecular formula is C14H20O2. The molecule has 1 N–H and O–H groups in total. The van der Waals surface area contributed by atoms with Gasteiger partial charge in [-0.2, -0.15) is 0 Å². The van der Waals surface area contributed by atoms with Crippen molar-refractivity contribution in [1.29, 1.82) is 0 Å². The van der Waals surface area contributed by atoms with Crippen molar-refractivity contribution in [3.63, 3.8) is 0 Å². The lowest BCUT2D eigenvalue weighted by molar-refractivity contribution is 0.117. The molecule has 0 aliphatic heterocycles. The summed E-state index contributed by atoms with van der Waals surface area (Å²) < 4.78 is 5.66. The number of ether oxygens (including phenoxy) is 1. The van der Waals surface area contributed by atoms with E-state index in [2.05, 4.69) is 19.1 Å². The van der Waals surface area contributed by atoms with Gasteiger partial charge in [0, 0.05) is 0 Å². The van der Waals surface area contributed by atoms with Gasteiger partial charge in [0.25, 0.3) is 0 Å². The van der Waals surface area contributed by atoms with Gasteiger partial charge in [-0.1, -0.05) is 24.1 Å². The monoisotopic (exact) mass is 220 g/mol. The maximum Gasteiger partial charge on any atom is 0.119 e. The Hall–Kier alpha value is -1.02. The third kappa shape index (κ3) is 2.99. The highest BCUT2D eigenvalue weighted by Gasteiger charge is 2.24. The number of aliphatic hydroxyl groups is 1. The van der Waals surface area contributed by atoms with Crippen LogP contribution in [0.15, 0.2) is 24.3 Å². The molecule has 1 aliphatic rings. The van der Waals surface area contributed by atoms with Gasteiger partial charge in [0.2, 0.25) is 0 Å². The molecule has 1 saturated carbocycles. The SMILES string of the molecule is Cc1ccc(OCCC2CCCC2O)cc1. The molecule has 16 heavy (non-hydrogen) atoms. The smallest absolute Gasteiger partial charge is 0.119 e. The Kier molecular flexibility index (Phi) is 3.83. The molecule has 2 rings (SSSR count). The molecule has 0 spiro atoms. The Bertz CT molecular complexity index is 318. The number of aliphatic hydroxyl groups excluding tert-OH is 1. The minimum absolute atomic E-state index is 0.0957. The maximum atomic E-state index is 9.67. The van der Waals surface area contributed by atoms with Crippen LogP contribution in [0.1, 0.15) is 31.2 Å². The van der Waals surface area contributed by atoms with Gasteiger partial charge in [-0.05, 0) is 44.2 Å². The molecule has 0 saturated heterocycles. The van der Waals surface area contributed by atoms with Gasteiger partial charge >= 0.3 is 0 Å². The van der Waals surface area contributed by atoms with E-state index in [-0.39, 0.29) is 6.10 Å². The second kappa shape index (κ2) is 5.35. The van der Waals surface area contributed by atoms with Gasteiger partial charge in [0.15, 0.2) is 0 Å². The van der Waals surface area contributed by atoms with E-state index in [0.717, 1.165) is 31.4 Å². The zero-order valence-electron chi connectivity index (χ0n) is 9.86. The van der Waals surface area contributed by atoms with Crippen LogP contribution in [-0.2, 0) is 0 Å². The number of benzene rings is 1. The van der Waals surface area contributed by atoms with Gasteiger partial charge in [-0.15, -0.1) is 0 Å². The highest BCUT2D eigenvalue weighted by Crippen LogP contribution is 2.28. The van der Waals surface area contributed by atoms with Crippen LogP contribution in [-0.4, -0.2) is 17.8 Å². The molecule has 2 heteroatoms. The Morgan fingerprint density at radius 2 is 2.00 bits per heavy atom. The molecule has 2 atom stereocenters. The van der Waals surface area contributed by atoms with E-state index in [4.69, 9.17) is 4.74 Å². The predicted molar refractivity (Wildman–Crippen MR) is 64.6 cm³/mol. The molecule has 2 unspecified atom stereocenters. The highest BCUT2D eigenvalue weighted by atomic mass is 16.5. The Morgan fingerprint density at radius 3 is 2.62 bits per heavy atom. The van der Waals surface area contributed by atoms with Crippen molar-refractivity contribution < 1.29 is 9.84 Å². The predicted octanol–water partition coefficient (Wildman–Crippen LogP) is 2.92. The molecule has 0 radical (unpaired) electrons. The zero-order valence-corrected chi connectivity index (χ0v) is 9.86. The molecule has 2 nitrogen and oxygen atoms in total. The molecule has 0 amide bonds. The number of hydrogen-bond donors (Lipinski definition) is 1. The molecule has 1 aromatic rings. The van der Waals surface area contributed by atoms with Crippen molar-refractivity contribution in [2.75, 3.05) is 6.61 Å². The Labute approximate surface area is 97.3 Å². The summed E-state index contributed by atoms with van der Waals surface area (Å²) in [5, 5.41) is 9.67. The summed E-state index contributed by atoms with van der Waals surface area (Å²) in [6.45, 7) is 2.78.